The summed E-state index contributed by atoms with van der Waals surface area (Å²) in [7, 11) is 0. The van der Waals surface area contributed by atoms with Gasteiger partial charge < -0.3 is 18.8 Å². The maximum Gasteiger partial charge on any atom is 0.231 e. The molecule has 2 aliphatic heterocycles. The van der Waals surface area contributed by atoms with E-state index in [9.17, 15) is 4.79 Å². The highest BCUT2D eigenvalue weighted by Crippen LogP contribution is 2.38. The van der Waals surface area contributed by atoms with E-state index < -0.39 is 0 Å². The average molecular weight is 405 g/mol. The first-order chi connectivity index (χ1) is 14.6. The second-order valence-corrected chi connectivity index (χ2v) is 8.55. The predicted octanol–water partition coefficient (Wildman–Crippen LogP) is 4.15. The molecule has 4 heterocycles. The Balaban J connectivity index is 1.51. The topological polar surface area (TPSA) is 56.1 Å². The number of fused-ring (bicyclic) bond motifs is 2. The van der Waals surface area contributed by atoms with Crippen molar-refractivity contribution in [3.63, 3.8) is 0 Å². The number of pyridine rings is 1. The first-order valence-corrected chi connectivity index (χ1v) is 10.7. The SMILES string of the molecule is Cc1ccn2c(C(CC(=O)N3CCC(C)CC3)c3ccc4c(c3)OCO4)cnc2c1. The minimum Gasteiger partial charge on any atom is -0.454 e. The average Bonchev–Trinajstić information content (AvgIpc) is 3.38. The first-order valence-electron chi connectivity index (χ1n) is 10.7. The fourth-order valence-electron chi connectivity index (χ4n) is 4.44. The zero-order chi connectivity index (χ0) is 20.7. The van der Waals surface area contributed by atoms with Gasteiger partial charge in [0.2, 0.25) is 12.7 Å². The van der Waals surface area contributed by atoms with Gasteiger partial charge in [-0.3, -0.25) is 4.79 Å². The van der Waals surface area contributed by atoms with Gasteiger partial charge in [0, 0.05) is 37.8 Å². The number of carbonyl (C=O) groups excluding carboxylic acids is 1. The van der Waals surface area contributed by atoms with E-state index in [1.54, 1.807) is 0 Å². The molecule has 2 aromatic heterocycles. The first kappa shape index (κ1) is 19.0. The van der Waals surface area contributed by atoms with Crippen LogP contribution in [0.15, 0.2) is 42.7 Å². The van der Waals surface area contributed by atoms with E-state index in [0.29, 0.717) is 12.3 Å². The van der Waals surface area contributed by atoms with Crippen LogP contribution in [0.4, 0.5) is 0 Å². The molecule has 30 heavy (non-hydrogen) atoms. The summed E-state index contributed by atoms with van der Waals surface area (Å²) < 4.78 is 13.2. The number of nitrogens with zero attached hydrogens (tertiary/aromatic N) is 3. The third kappa shape index (κ3) is 3.51. The van der Waals surface area contributed by atoms with Gasteiger partial charge in [-0.2, -0.15) is 0 Å². The summed E-state index contributed by atoms with van der Waals surface area (Å²) in [4.78, 5) is 19.9. The summed E-state index contributed by atoms with van der Waals surface area (Å²) >= 11 is 0. The van der Waals surface area contributed by atoms with Crippen LogP contribution in [0.5, 0.6) is 11.5 Å². The third-order valence-electron chi connectivity index (χ3n) is 6.37. The monoisotopic (exact) mass is 405 g/mol. The second kappa shape index (κ2) is 7.67. The van der Waals surface area contributed by atoms with Crippen molar-refractivity contribution in [1.29, 1.82) is 0 Å². The van der Waals surface area contributed by atoms with E-state index in [1.165, 1.54) is 0 Å². The molecule has 1 aromatic carbocycles. The summed E-state index contributed by atoms with van der Waals surface area (Å²) in [5.74, 6) is 2.28. The maximum atomic E-state index is 13.2. The molecule has 0 N–H and O–H groups in total. The summed E-state index contributed by atoms with van der Waals surface area (Å²) in [5, 5.41) is 0. The van der Waals surface area contributed by atoms with E-state index in [2.05, 4.69) is 35.4 Å². The molecule has 1 fully saturated rings. The molecule has 2 aliphatic rings. The molecule has 0 saturated carbocycles. The summed E-state index contributed by atoms with van der Waals surface area (Å²) in [6.45, 7) is 6.26. The van der Waals surface area contributed by atoms with Crippen molar-refractivity contribution >= 4 is 11.6 Å². The zero-order valence-electron chi connectivity index (χ0n) is 17.5. The van der Waals surface area contributed by atoms with Gasteiger partial charge in [-0.1, -0.05) is 13.0 Å². The van der Waals surface area contributed by atoms with Gasteiger partial charge >= 0.3 is 0 Å². The quantitative estimate of drug-likeness (QED) is 0.654. The molecule has 6 nitrogen and oxygen atoms in total. The van der Waals surface area contributed by atoms with E-state index in [0.717, 1.165) is 59.9 Å². The minimum absolute atomic E-state index is 0.107. The molecule has 3 aromatic rings. The van der Waals surface area contributed by atoms with E-state index >= 15 is 0 Å². The largest absolute Gasteiger partial charge is 0.454 e. The zero-order valence-corrected chi connectivity index (χ0v) is 17.5. The predicted molar refractivity (Wildman–Crippen MR) is 114 cm³/mol. The van der Waals surface area contributed by atoms with Gasteiger partial charge in [0.25, 0.3) is 0 Å². The lowest BCUT2D eigenvalue weighted by atomic mass is 9.91. The van der Waals surface area contributed by atoms with Crippen molar-refractivity contribution in [2.24, 2.45) is 5.92 Å². The number of rotatable bonds is 4. The second-order valence-electron chi connectivity index (χ2n) is 8.55. The van der Waals surface area contributed by atoms with Crippen LogP contribution in [0, 0.1) is 12.8 Å². The molecule has 5 rings (SSSR count). The Morgan fingerprint density at radius 2 is 1.97 bits per heavy atom. The number of aromatic nitrogens is 2. The fraction of sp³-hybridized carbons (Fsp3) is 0.417. The lowest BCUT2D eigenvalue weighted by Gasteiger charge is -2.31. The highest BCUT2D eigenvalue weighted by atomic mass is 16.7. The lowest BCUT2D eigenvalue weighted by Crippen LogP contribution is -2.38. The molecule has 156 valence electrons. The van der Waals surface area contributed by atoms with Crippen molar-refractivity contribution in [3.05, 3.63) is 59.5 Å². The number of ether oxygens (including phenoxy) is 2. The molecular weight excluding hydrogens is 378 g/mol. The molecule has 1 unspecified atom stereocenters. The van der Waals surface area contributed by atoms with Crippen LogP contribution >= 0.6 is 0 Å². The Hall–Kier alpha value is -3.02. The minimum atomic E-state index is -0.107. The molecule has 0 bridgehead atoms. The van der Waals surface area contributed by atoms with Gasteiger partial charge in [0.15, 0.2) is 11.5 Å². The van der Waals surface area contributed by atoms with Gasteiger partial charge in [0.05, 0.1) is 5.69 Å². The van der Waals surface area contributed by atoms with Crippen molar-refractivity contribution < 1.29 is 14.3 Å². The summed E-state index contributed by atoms with van der Waals surface area (Å²) in [6.07, 6.45) is 6.51. The smallest absolute Gasteiger partial charge is 0.231 e. The van der Waals surface area contributed by atoms with E-state index in [1.807, 2.05) is 35.5 Å². The molecule has 0 aliphatic carbocycles. The molecule has 0 spiro atoms. The van der Waals surface area contributed by atoms with Gasteiger partial charge in [-0.25, -0.2) is 4.98 Å². The van der Waals surface area contributed by atoms with Crippen LogP contribution < -0.4 is 9.47 Å². The lowest BCUT2D eigenvalue weighted by molar-refractivity contribution is -0.132. The number of piperidine rings is 1. The number of hydrogen-bond acceptors (Lipinski definition) is 4. The van der Waals surface area contributed by atoms with Crippen molar-refractivity contribution in [1.82, 2.24) is 14.3 Å². The molecule has 1 amide bonds. The Kier molecular flexibility index (Phi) is 4.85. The Labute approximate surface area is 176 Å². The van der Waals surface area contributed by atoms with Crippen molar-refractivity contribution in [2.45, 2.75) is 39.0 Å². The number of carbonyl (C=O) groups is 1. The van der Waals surface area contributed by atoms with Crippen LogP contribution in [-0.2, 0) is 4.79 Å². The molecule has 0 radical (unpaired) electrons. The molecule has 6 heteroatoms. The Morgan fingerprint density at radius 3 is 2.80 bits per heavy atom. The van der Waals surface area contributed by atoms with Crippen LogP contribution in [0.25, 0.3) is 5.65 Å². The van der Waals surface area contributed by atoms with Gasteiger partial charge in [-0.15, -0.1) is 0 Å². The van der Waals surface area contributed by atoms with Crippen LogP contribution in [0.1, 0.15) is 48.9 Å². The van der Waals surface area contributed by atoms with Gasteiger partial charge in [-0.05, 0) is 61.1 Å². The Bertz CT molecular complexity index is 1080. The standard InChI is InChI=1S/C24H27N3O3/c1-16-5-8-26(9-6-16)24(28)13-19(18-3-4-21-22(12-18)30-15-29-21)20-14-25-23-11-17(2)7-10-27(20)23/h3-4,7,10-12,14,16,19H,5-6,8-9,13,15H2,1-2H3. The summed E-state index contributed by atoms with van der Waals surface area (Å²) in [6, 6.07) is 10.1. The molecule has 1 saturated heterocycles. The van der Waals surface area contributed by atoms with Crippen LogP contribution in [0.2, 0.25) is 0 Å². The third-order valence-corrected chi connectivity index (χ3v) is 6.37. The van der Waals surface area contributed by atoms with Crippen molar-refractivity contribution in [2.75, 3.05) is 19.9 Å². The number of imidazole rings is 1. The van der Waals surface area contributed by atoms with Crippen LogP contribution in [0.3, 0.4) is 0 Å². The normalized spacial score (nSPS) is 17.5. The van der Waals surface area contributed by atoms with E-state index in [4.69, 9.17) is 9.47 Å². The summed E-state index contributed by atoms with van der Waals surface area (Å²) in [5.41, 5.74) is 4.12. The number of likely N-dealkylation sites (tertiary alicyclic amines) is 1. The van der Waals surface area contributed by atoms with Crippen molar-refractivity contribution in [3.8, 4) is 11.5 Å². The van der Waals surface area contributed by atoms with Gasteiger partial charge in [0.1, 0.15) is 5.65 Å². The van der Waals surface area contributed by atoms with E-state index in [-0.39, 0.29) is 18.6 Å². The number of amides is 1. The number of benzene rings is 1. The Morgan fingerprint density at radius 1 is 1.17 bits per heavy atom. The highest BCUT2D eigenvalue weighted by molar-refractivity contribution is 5.78. The number of aryl methyl sites for hydroxylation is 1. The fourth-order valence-corrected chi connectivity index (χ4v) is 4.44. The maximum absolute atomic E-state index is 13.2. The number of hydrogen-bond donors (Lipinski definition) is 0. The van der Waals surface area contributed by atoms with Crippen LogP contribution in [-0.4, -0.2) is 40.1 Å². The highest BCUT2D eigenvalue weighted by Gasteiger charge is 2.28. The molecular formula is C24H27N3O3. The molecule has 1 atom stereocenters.